The van der Waals surface area contributed by atoms with Crippen molar-refractivity contribution in [1.82, 2.24) is 15.1 Å². The van der Waals surface area contributed by atoms with E-state index in [1.165, 1.54) is 5.56 Å². The van der Waals surface area contributed by atoms with Gasteiger partial charge in [-0.15, -0.1) is 0 Å². The fourth-order valence-electron chi connectivity index (χ4n) is 3.35. The van der Waals surface area contributed by atoms with Crippen LogP contribution in [0.15, 0.2) is 30.3 Å². The molecule has 122 valence electrons. The monoisotopic (exact) mass is 313 g/mol. The highest BCUT2D eigenvalue weighted by molar-refractivity contribution is 5.85. The molecule has 1 N–H and O–H groups in total. The van der Waals surface area contributed by atoms with E-state index in [0.717, 1.165) is 32.4 Å². The molecular formula is C18H23N3O2. The second-order valence-corrected chi connectivity index (χ2v) is 6.98. The van der Waals surface area contributed by atoms with Crippen LogP contribution in [0, 0.1) is 5.92 Å². The predicted octanol–water partition coefficient (Wildman–Crippen LogP) is 0.998. The highest BCUT2D eigenvalue weighted by atomic mass is 16.2. The van der Waals surface area contributed by atoms with Gasteiger partial charge in [-0.05, 0) is 24.8 Å². The molecule has 2 aliphatic heterocycles. The first-order valence-corrected chi connectivity index (χ1v) is 8.58. The van der Waals surface area contributed by atoms with Crippen LogP contribution in [-0.2, 0) is 16.1 Å². The number of likely N-dealkylation sites (tertiary alicyclic amines) is 2. The van der Waals surface area contributed by atoms with Gasteiger partial charge in [0.25, 0.3) is 0 Å². The summed E-state index contributed by atoms with van der Waals surface area (Å²) in [5.41, 5.74) is 1.25. The summed E-state index contributed by atoms with van der Waals surface area (Å²) in [5.74, 6) is 0.647. The van der Waals surface area contributed by atoms with Gasteiger partial charge in [0, 0.05) is 32.1 Å². The summed E-state index contributed by atoms with van der Waals surface area (Å²) in [6, 6.07) is 10.5. The first-order chi connectivity index (χ1) is 11.2. The molecule has 2 saturated heterocycles. The minimum absolute atomic E-state index is 0.0234. The van der Waals surface area contributed by atoms with Crippen molar-refractivity contribution in [3.63, 3.8) is 0 Å². The second kappa shape index (κ2) is 5.96. The SMILES string of the molecule is O=C(NC1CN(C(=O)C2CCN2Cc2ccccc2)C1)C1CC1. The van der Waals surface area contributed by atoms with Crippen molar-refractivity contribution in [2.45, 2.75) is 37.9 Å². The highest BCUT2D eigenvalue weighted by Crippen LogP contribution is 2.29. The maximum absolute atomic E-state index is 12.6. The molecule has 2 amide bonds. The first kappa shape index (κ1) is 14.7. The number of amides is 2. The number of nitrogens with zero attached hydrogens (tertiary/aromatic N) is 2. The third-order valence-corrected chi connectivity index (χ3v) is 5.13. The third-order valence-electron chi connectivity index (χ3n) is 5.13. The Kier molecular flexibility index (Phi) is 3.81. The molecule has 0 spiro atoms. The Morgan fingerprint density at radius 1 is 1.09 bits per heavy atom. The Bertz CT molecular complexity index is 594. The molecule has 3 aliphatic rings. The zero-order valence-electron chi connectivity index (χ0n) is 13.3. The highest BCUT2D eigenvalue weighted by Gasteiger charge is 2.42. The molecule has 1 aromatic carbocycles. The second-order valence-electron chi connectivity index (χ2n) is 6.98. The summed E-state index contributed by atoms with van der Waals surface area (Å²) in [6.07, 6.45) is 3.00. The lowest BCUT2D eigenvalue weighted by Gasteiger charge is -2.47. The number of carbonyl (C=O) groups is 2. The van der Waals surface area contributed by atoms with Crippen LogP contribution in [-0.4, -0.2) is 53.3 Å². The standard InChI is InChI=1S/C18H23N3O2/c22-17(14-6-7-14)19-15-11-21(12-15)18(23)16-8-9-20(16)10-13-4-2-1-3-5-13/h1-5,14-16H,6-12H2,(H,19,22). The lowest BCUT2D eigenvalue weighted by molar-refractivity contribution is -0.148. The maximum atomic E-state index is 12.6. The predicted molar refractivity (Wildman–Crippen MR) is 86.5 cm³/mol. The number of rotatable bonds is 5. The van der Waals surface area contributed by atoms with E-state index < -0.39 is 0 Å². The molecule has 2 heterocycles. The number of hydrogen-bond donors (Lipinski definition) is 1. The summed E-state index contributed by atoms with van der Waals surface area (Å²) in [5, 5.41) is 3.04. The zero-order chi connectivity index (χ0) is 15.8. The average Bonchev–Trinajstić information content (AvgIpc) is 3.32. The van der Waals surface area contributed by atoms with Crippen LogP contribution < -0.4 is 5.32 Å². The van der Waals surface area contributed by atoms with Gasteiger partial charge < -0.3 is 10.2 Å². The van der Waals surface area contributed by atoms with Crippen molar-refractivity contribution in [3.05, 3.63) is 35.9 Å². The van der Waals surface area contributed by atoms with Crippen LogP contribution in [0.3, 0.4) is 0 Å². The fourth-order valence-corrected chi connectivity index (χ4v) is 3.35. The van der Waals surface area contributed by atoms with Crippen molar-refractivity contribution in [1.29, 1.82) is 0 Å². The molecule has 0 aromatic heterocycles. The van der Waals surface area contributed by atoms with Gasteiger partial charge in [-0.2, -0.15) is 0 Å². The third kappa shape index (κ3) is 3.11. The summed E-state index contributed by atoms with van der Waals surface area (Å²) in [7, 11) is 0. The fraction of sp³-hybridized carbons (Fsp3) is 0.556. The van der Waals surface area contributed by atoms with Crippen LogP contribution in [0.1, 0.15) is 24.8 Å². The number of benzene rings is 1. The smallest absolute Gasteiger partial charge is 0.240 e. The average molecular weight is 313 g/mol. The van der Waals surface area contributed by atoms with Crippen LogP contribution in [0.4, 0.5) is 0 Å². The minimum atomic E-state index is 0.0234. The van der Waals surface area contributed by atoms with Crippen molar-refractivity contribution in [3.8, 4) is 0 Å². The van der Waals surface area contributed by atoms with Gasteiger partial charge in [0.1, 0.15) is 0 Å². The normalized spacial score (nSPS) is 24.7. The largest absolute Gasteiger partial charge is 0.350 e. The molecule has 1 unspecified atom stereocenters. The minimum Gasteiger partial charge on any atom is -0.350 e. The van der Waals surface area contributed by atoms with Crippen LogP contribution in [0.2, 0.25) is 0 Å². The van der Waals surface area contributed by atoms with Gasteiger partial charge in [0.15, 0.2) is 0 Å². The Balaban J connectivity index is 1.24. The number of nitrogens with one attached hydrogen (secondary N) is 1. The summed E-state index contributed by atoms with van der Waals surface area (Å²) >= 11 is 0. The van der Waals surface area contributed by atoms with Crippen molar-refractivity contribution < 1.29 is 9.59 Å². The molecule has 23 heavy (non-hydrogen) atoms. The summed E-state index contributed by atoms with van der Waals surface area (Å²) < 4.78 is 0. The van der Waals surface area contributed by atoms with E-state index >= 15 is 0 Å². The van der Waals surface area contributed by atoms with Gasteiger partial charge in [-0.25, -0.2) is 0 Å². The Labute approximate surface area is 136 Å². The van der Waals surface area contributed by atoms with E-state index in [1.807, 2.05) is 23.1 Å². The quantitative estimate of drug-likeness (QED) is 0.882. The molecule has 1 atom stereocenters. The molecule has 0 bridgehead atoms. The zero-order valence-corrected chi connectivity index (χ0v) is 13.3. The van der Waals surface area contributed by atoms with E-state index in [1.54, 1.807) is 0 Å². The summed E-state index contributed by atoms with van der Waals surface area (Å²) in [4.78, 5) is 28.4. The molecule has 1 saturated carbocycles. The molecular weight excluding hydrogens is 290 g/mol. The van der Waals surface area contributed by atoms with Crippen molar-refractivity contribution >= 4 is 11.8 Å². The molecule has 4 rings (SSSR count). The lowest BCUT2D eigenvalue weighted by Crippen LogP contribution is -2.66. The van der Waals surface area contributed by atoms with Gasteiger partial charge in [-0.3, -0.25) is 14.5 Å². The van der Waals surface area contributed by atoms with Crippen molar-refractivity contribution in [2.75, 3.05) is 19.6 Å². The van der Waals surface area contributed by atoms with Crippen molar-refractivity contribution in [2.24, 2.45) is 5.92 Å². The van der Waals surface area contributed by atoms with Crippen LogP contribution >= 0.6 is 0 Å². The lowest BCUT2D eigenvalue weighted by atomic mass is 9.97. The van der Waals surface area contributed by atoms with Gasteiger partial charge in [-0.1, -0.05) is 30.3 Å². The van der Waals surface area contributed by atoms with Crippen LogP contribution in [0.25, 0.3) is 0 Å². The molecule has 5 nitrogen and oxygen atoms in total. The van der Waals surface area contributed by atoms with E-state index in [0.29, 0.717) is 13.1 Å². The Morgan fingerprint density at radius 2 is 1.83 bits per heavy atom. The molecule has 3 fully saturated rings. The van der Waals surface area contributed by atoms with Gasteiger partial charge in [0.05, 0.1) is 12.1 Å². The molecule has 5 heteroatoms. The Hall–Kier alpha value is -1.88. The number of hydrogen-bond acceptors (Lipinski definition) is 3. The number of carbonyl (C=O) groups excluding carboxylic acids is 2. The maximum Gasteiger partial charge on any atom is 0.240 e. The van der Waals surface area contributed by atoms with E-state index in [-0.39, 0.29) is 29.8 Å². The summed E-state index contributed by atoms with van der Waals surface area (Å²) in [6.45, 7) is 3.17. The first-order valence-electron chi connectivity index (χ1n) is 8.58. The van der Waals surface area contributed by atoms with Gasteiger partial charge >= 0.3 is 0 Å². The van der Waals surface area contributed by atoms with Crippen LogP contribution in [0.5, 0.6) is 0 Å². The van der Waals surface area contributed by atoms with E-state index in [4.69, 9.17) is 0 Å². The van der Waals surface area contributed by atoms with E-state index in [2.05, 4.69) is 22.3 Å². The molecule has 1 aromatic rings. The van der Waals surface area contributed by atoms with E-state index in [9.17, 15) is 9.59 Å². The van der Waals surface area contributed by atoms with Gasteiger partial charge in [0.2, 0.25) is 11.8 Å². The Morgan fingerprint density at radius 3 is 2.43 bits per heavy atom. The molecule has 1 aliphatic carbocycles. The molecule has 0 radical (unpaired) electrons. The topological polar surface area (TPSA) is 52.7 Å².